The summed E-state index contributed by atoms with van der Waals surface area (Å²) in [5.41, 5.74) is 0. The molecule has 0 spiro atoms. The van der Waals surface area contributed by atoms with Crippen molar-refractivity contribution in [1.82, 2.24) is 5.32 Å². The lowest BCUT2D eigenvalue weighted by atomic mass is 10.8. The molecule has 0 fully saturated rings. The minimum absolute atomic E-state index is 0. The van der Waals surface area contributed by atoms with Crippen LogP contribution in [0.1, 0.15) is 0 Å². The quantitative estimate of drug-likeness (QED) is 0.636. The van der Waals surface area contributed by atoms with Crippen LogP contribution in [0.4, 0.5) is 0 Å². The molecule has 58 valence electrons. The molecule has 9 heavy (non-hydrogen) atoms. The first-order chi connectivity index (χ1) is 3.56. The van der Waals surface area contributed by atoms with Crippen LogP contribution in [0.25, 0.3) is 0 Å². The summed E-state index contributed by atoms with van der Waals surface area (Å²) in [5.74, 6) is 0.226. The summed E-state index contributed by atoms with van der Waals surface area (Å²) in [6.07, 6.45) is 1.23. The number of sulfone groups is 1. The van der Waals surface area contributed by atoms with Crippen molar-refractivity contribution in [3.63, 3.8) is 0 Å². The van der Waals surface area contributed by atoms with Gasteiger partial charge in [-0.25, -0.2) is 8.42 Å². The summed E-state index contributed by atoms with van der Waals surface area (Å²) in [6.45, 7) is 0.541. The summed E-state index contributed by atoms with van der Waals surface area (Å²) < 4.78 is 20.7. The maximum absolute atomic E-state index is 10.4. The van der Waals surface area contributed by atoms with Crippen LogP contribution in [0.15, 0.2) is 0 Å². The van der Waals surface area contributed by atoms with Gasteiger partial charge in [0, 0.05) is 12.8 Å². The van der Waals surface area contributed by atoms with E-state index >= 15 is 0 Å². The Labute approximate surface area is 62.2 Å². The molecule has 3 nitrogen and oxygen atoms in total. The summed E-state index contributed by atoms with van der Waals surface area (Å²) in [4.78, 5) is 0. The van der Waals surface area contributed by atoms with E-state index in [9.17, 15) is 8.42 Å². The summed E-state index contributed by atoms with van der Waals surface area (Å²) in [7, 11) is -1.02. The van der Waals surface area contributed by atoms with Crippen LogP contribution < -0.4 is 5.32 Å². The smallest absolute Gasteiger partial charge is 0.148 e. The van der Waals surface area contributed by atoms with Gasteiger partial charge in [0.05, 0.1) is 5.75 Å². The Morgan fingerprint density at radius 2 is 1.89 bits per heavy atom. The van der Waals surface area contributed by atoms with Crippen LogP contribution >= 0.6 is 12.4 Å². The lowest BCUT2D eigenvalue weighted by molar-refractivity contribution is 0.599. The molecule has 0 bridgehead atoms. The van der Waals surface area contributed by atoms with Gasteiger partial charge in [-0.3, -0.25) is 0 Å². The van der Waals surface area contributed by atoms with Crippen LogP contribution in [0, 0.1) is 0 Å². The van der Waals surface area contributed by atoms with E-state index in [4.69, 9.17) is 0 Å². The van der Waals surface area contributed by atoms with Crippen LogP contribution in [0.3, 0.4) is 0 Å². The minimum atomic E-state index is -2.75. The van der Waals surface area contributed by atoms with Gasteiger partial charge in [0.15, 0.2) is 0 Å². The van der Waals surface area contributed by atoms with Gasteiger partial charge < -0.3 is 5.32 Å². The largest absolute Gasteiger partial charge is 0.319 e. The first-order valence-corrected chi connectivity index (χ1v) is 4.44. The zero-order chi connectivity index (χ0) is 6.62. The van der Waals surface area contributed by atoms with Gasteiger partial charge in [0.25, 0.3) is 0 Å². The molecule has 0 unspecified atom stereocenters. The standard InChI is InChI=1S/C4H11NO2S.ClH/c1-5-3-4-8(2,6)7;/h5H,3-4H2,1-2H3;1H. The Balaban J connectivity index is 0. The van der Waals surface area contributed by atoms with Crippen LogP contribution in [0.2, 0.25) is 0 Å². The molecule has 0 aromatic heterocycles. The van der Waals surface area contributed by atoms with Crippen molar-refractivity contribution >= 4 is 22.2 Å². The molecule has 0 aromatic carbocycles. The van der Waals surface area contributed by atoms with Gasteiger partial charge in [0.2, 0.25) is 0 Å². The molecule has 0 atom stereocenters. The highest BCUT2D eigenvalue weighted by atomic mass is 35.5. The molecule has 0 aliphatic heterocycles. The molecule has 0 radical (unpaired) electrons. The number of hydrogen-bond acceptors (Lipinski definition) is 3. The Bertz CT molecular complexity index is 143. The molecule has 0 aromatic rings. The SMILES string of the molecule is CNCCS(C)(=O)=O.Cl. The summed E-state index contributed by atoms with van der Waals surface area (Å²) >= 11 is 0. The molecule has 0 heterocycles. The molecule has 0 saturated heterocycles. The molecule has 0 aliphatic carbocycles. The van der Waals surface area contributed by atoms with Crippen LogP contribution in [-0.2, 0) is 9.84 Å². The maximum atomic E-state index is 10.4. The molecule has 0 saturated carbocycles. The second-order valence-electron chi connectivity index (χ2n) is 1.73. The lowest BCUT2D eigenvalue weighted by Gasteiger charge is -1.93. The van der Waals surface area contributed by atoms with E-state index in [1.165, 1.54) is 6.26 Å². The third-order valence-electron chi connectivity index (χ3n) is 0.723. The van der Waals surface area contributed by atoms with Crippen molar-refractivity contribution in [3.05, 3.63) is 0 Å². The van der Waals surface area contributed by atoms with Gasteiger partial charge >= 0.3 is 0 Å². The zero-order valence-corrected chi connectivity index (χ0v) is 7.18. The normalized spacial score (nSPS) is 10.4. The number of halogens is 1. The predicted molar refractivity (Wildman–Crippen MR) is 40.9 cm³/mol. The highest BCUT2D eigenvalue weighted by molar-refractivity contribution is 7.90. The number of hydrogen-bond donors (Lipinski definition) is 1. The maximum Gasteiger partial charge on any atom is 0.148 e. The zero-order valence-electron chi connectivity index (χ0n) is 5.55. The van der Waals surface area contributed by atoms with Crippen LogP contribution in [-0.4, -0.2) is 34.0 Å². The van der Waals surface area contributed by atoms with Gasteiger partial charge in [-0.1, -0.05) is 0 Å². The monoisotopic (exact) mass is 173 g/mol. The van der Waals surface area contributed by atoms with Gasteiger partial charge in [-0.05, 0) is 7.05 Å². The highest BCUT2D eigenvalue weighted by Crippen LogP contribution is 1.77. The van der Waals surface area contributed by atoms with E-state index in [1.807, 2.05) is 0 Å². The Morgan fingerprint density at radius 3 is 2.00 bits per heavy atom. The Morgan fingerprint density at radius 1 is 1.44 bits per heavy atom. The second kappa shape index (κ2) is 5.02. The van der Waals surface area contributed by atoms with Crippen molar-refractivity contribution in [2.45, 2.75) is 0 Å². The Kier molecular flexibility index (Phi) is 6.66. The first-order valence-electron chi connectivity index (χ1n) is 2.38. The van der Waals surface area contributed by atoms with Crippen molar-refractivity contribution in [2.75, 3.05) is 25.6 Å². The molecule has 1 N–H and O–H groups in total. The van der Waals surface area contributed by atoms with Crippen molar-refractivity contribution in [2.24, 2.45) is 0 Å². The van der Waals surface area contributed by atoms with E-state index in [0.29, 0.717) is 6.54 Å². The average molecular weight is 174 g/mol. The van der Waals surface area contributed by atoms with E-state index in [2.05, 4.69) is 5.32 Å². The lowest BCUT2D eigenvalue weighted by Crippen LogP contribution is -2.17. The van der Waals surface area contributed by atoms with Crippen LogP contribution in [0.5, 0.6) is 0 Å². The molecular weight excluding hydrogens is 162 g/mol. The highest BCUT2D eigenvalue weighted by Gasteiger charge is 1.97. The molecule has 0 amide bonds. The molecule has 0 rings (SSSR count). The van der Waals surface area contributed by atoms with Crippen molar-refractivity contribution in [3.8, 4) is 0 Å². The van der Waals surface area contributed by atoms with Crippen molar-refractivity contribution < 1.29 is 8.42 Å². The topological polar surface area (TPSA) is 46.2 Å². The fourth-order valence-corrected chi connectivity index (χ4v) is 0.862. The van der Waals surface area contributed by atoms with E-state index in [1.54, 1.807) is 7.05 Å². The first kappa shape index (κ1) is 11.9. The molecule has 0 aliphatic rings. The van der Waals surface area contributed by atoms with E-state index in [0.717, 1.165) is 0 Å². The van der Waals surface area contributed by atoms with Crippen molar-refractivity contribution in [1.29, 1.82) is 0 Å². The minimum Gasteiger partial charge on any atom is -0.319 e. The number of rotatable bonds is 3. The molecule has 5 heteroatoms. The Hall–Kier alpha value is 0.200. The fraction of sp³-hybridized carbons (Fsp3) is 1.00. The van der Waals surface area contributed by atoms with E-state index < -0.39 is 9.84 Å². The van der Waals surface area contributed by atoms with Gasteiger partial charge in [-0.15, -0.1) is 12.4 Å². The predicted octanol–water partition coefficient (Wildman–Crippen LogP) is -0.328. The molecular formula is C4H12ClNO2S. The van der Waals surface area contributed by atoms with E-state index in [-0.39, 0.29) is 18.2 Å². The third-order valence-corrected chi connectivity index (χ3v) is 1.67. The fourth-order valence-electron chi connectivity index (χ4n) is 0.287. The average Bonchev–Trinajstić information content (AvgIpc) is 1.59. The third kappa shape index (κ3) is 11.7. The van der Waals surface area contributed by atoms with Gasteiger partial charge in [0.1, 0.15) is 9.84 Å². The summed E-state index contributed by atoms with van der Waals surface area (Å²) in [5, 5.41) is 2.75. The van der Waals surface area contributed by atoms with Gasteiger partial charge in [-0.2, -0.15) is 0 Å². The summed E-state index contributed by atoms with van der Waals surface area (Å²) in [6, 6.07) is 0. The second-order valence-corrected chi connectivity index (χ2v) is 3.99. The number of nitrogens with one attached hydrogen (secondary N) is 1.